The van der Waals surface area contributed by atoms with Gasteiger partial charge >= 0.3 is 0 Å². The smallest absolute Gasteiger partial charge is 0.247 e. The van der Waals surface area contributed by atoms with Crippen LogP contribution in [-0.4, -0.2) is 24.1 Å². The van der Waals surface area contributed by atoms with Crippen molar-refractivity contribution in [3.8, 4) is 0 Å². The summed E-state index contributed by atoms with van der Waals surface area (Å²) in [6.45, 7) is 2.50. The second kappa shape index (κ2) is 8.08. The Hall–Kier alpha value is -1.51. The number of nitrogens with zero attached hydrogens (tertiary/aromatic N) is 1. The quantitative estimate of drug-likeness (QED) is 0.689. The third-order valence-electron chi connectivity index (χ3n) is 5.17. The van der Waals surface area contributed by atoms with E-state index in [2.05, 4.69) is 10.3 Å². The molecule has 0 atom stereocenters. The molecule has 0 bridgehead atoms. The van der Waals surface area contributed by atoms with Crippen molar-refractivity contribution in [2.75, 3.05) is 5.32 Å². The van der Waals surface area contributed by atoms with Crippen molar-refractivity contribution < 1.29 is 17.6 Å². The Balaban J connectivity index is 1.80. The molecule has 1 amide bonds. The number of aromatic nitrogens is 1. The maximum absolute atomic E-state index is 14.2. The van der Waals surface area contributed by atoms with Gasteiger partial charge in [0.2, 0.25) is 5.91 Å². The van der Waals surface area contributed by atoms with Crippen molar-refractivity contribution >= 4 is 43.8 Å². The molecule has 1 saturated carbocycles. The van der Waals surface area contributed by atoms with Gasteiger partial charge in [0.1, 0.15) is 15.5 Å². The van der Waals surface area contributed by atoms with Crippen LogP contribution in [-0.2, 0) is 14.6 Å². The van der Waals surface area contributed by atoms with Gasteiger partial charge in [-0.15, -0.1) is 11.3 Å². The lowest BCUT2D eigenvalue weighted by Gasteiger charge is -2.23. The average Bonchev–Trinajstić information content (AvgIpc) is 3.10. The average molecular weight is 445 g/mol. The number of rotatable bonds is 5. The zero-order chi connectivity index (χ0) is 20.5. The minimum absolute atomic E-state index is 0.0803. The normalized spacial score (nSPS) is 16.1. The number of thiazole rings is 1. The molecule has 2 aromatic rings. The Labute approximate surface area is 173 Å². The molecule has 0 saturated heterocycles. The molecular weight excluding hydrogens is 423 g/mol. The van der Waals surface area contributed by atoms with Crippen LogP contribution in [0.3, 0.4) is 0 Å². The van der Waals surface area contributed by atoms with Crippen LogP contribution in [0.15, 0.2) is 28.5 Å². The number of anilines is 1. The van der Waals surface area contributed by atoms with Crippen molar-refractivity contribution in [1.82, 2.24) is 4.98 Å². The molecule has 0 radical (unpaired) electrons. The molecule has 152 valence electrons. The Bertz CT molecular complexity index is 983. The van der Waals surface area contributed by atoms with Gasteiger partial charge in [0.15, 0.2) is 15.0 Å². The first-order valence-electron chi connectivity index (χ1n) is 9.09. The topological polar surface area (TPSA) is 76.1 Å². The molecule has 1 aromatic heterocycles. The summed E-state index contributed by atoms with van der Waals surface area (Å²) in [5, 5.41) is 4.93. The second-order valence-electron chi connectivity index (χ2n) is 7.46. The summed E-state index contributed by atoms with van der Waals surface area (Å²) < 4.78 is 38.1. The monoisotopic (exact) mass is 444 g/mol. The van der Waals surface area contributed by atoms with Gasteiger partial charge < -0.3 is 5.32 Å². The fraction of sp³-hybridized carbons (Fsp3) is 0.474. The lowest BCUT2D eigenvalue weighted by Crippen LogP contribution is -2.44. The van der Waals surface area contributed by atoms with Crippen molar-refractivity contribution in [3.63, 3.8) is 0 Å². The van der Waals surface area contributed by atoms with E-state index >= 15 is 0 Å². The van der Waals surface area contributed by atoms with Crippen molar-refractivity contribution in [2.45, 2.75) is 61.5 Å². The van der Waals surface area contributed by atoms with Gasteiger partial charge in [-0.1, -0.05) is 30.9 Å². The van der Waals surface area contributed by atoms with E-state index in [-0.39, 0.29) is 5.02 Å². The summed E-state index contributed by atoms with van der Waals surface area (Å²) in [5.74, 6) is -1.36. The molecule has 28 heavy (non-hydrogen) atoms. The van der Waals surface area contributed by atoms with Gasteiger partial charge in [0, 0.05) is 16.3 Å². The molecule has 1 fully saturated rings. The maximum atomic E-state index is 14.2. The first kappa shape index (κ1) is 21.2. The molecule has 9 heteroatoms. The van der Waals surface area contributed by atoms with Gasteiger partial charge in [0.25, 0.3) is 0 Å². The number of halogens is 2. The number of nitrogens with one attached hydrogen (secondary N) is 1. The first-order valence-corrected chi connectivity index (χ1v) is 11.8. The molecule has 1 heterocycles. The highest BCUT2D eigenvalue weighted by molar-refractivity contribution is 7.93. The van der Waals surface area contributed by atoms with Crippen LogP contribution in [0.4, 0.5) is 9.52 Å². The van der Waals surface area contributed by atoms with Gasteiger partial charge in [-0.05, 0) is 44.9 Å². The number of amides is 1. The number of hydrogen-bond acceptors (Lipinski definition) is 5. The van der Waals surface area contributed by atoms with Crippen LogP contribution in [0.1, 0.15) is 57.6 Å². The first-order chi connectivity index (χ1) is 13.1. The zero-order valence-corrected chi connectivity index (χ0v) is 18.1. The summed E-state index contributed by atoms with van der Waals surface area (Å²) in [4.78, 5) is 16.7. The predicted molar refractivity (Wildman–Crippen MR) is 109 cm³/mol. The van der Waals surface area contributed by atoms with Gasteiger partial charge in [-0.3, -0.25) is 4.79 Å². The van der Waals surface area contributed by atoms with Gasteiger partial charge in [0.05, 0.1) is 5.69 Å². The lowest BCUT2D eigenvalue weighted by molar-refractivity contribution is -0.117. The molecule has 0 aliphatic heterocycles. The molecule has 1 aliphatic carbocycles. The van der Waals surface area contributed by atoms with E-state index in [4.69, 9.17) is 11.6 Å². The van der Waals surface area contributed by atoms with Crippen LogP contribution in [0, 0.1) is 5.82 Å². The third kappa shape index (κ3) is 4.09. The largest absolute Gasteiger partial charge is 0.301 e. The Morgan fingerprint density at radius 2 is 1.96 bits per heavy atom. The van der Waals surface area contributed by atoms with Crippen LogP contribution < -0.4 is 5.32 Å². The highest BCUT2D eigenvalue weighted by atomic mass is 35.5. The van der Waals surface area contributed by atoms with E-state index in [1.54, 1.807) is 0 Å². The molecule has 0 unspecified atom stereocenters. The molecule has 1 aromatic carbocycles. The zero-order valence-electron chi connectivity index (χ0n) is 15.7. The molecule has 1 N–H and O–H groups in total. The van der Waals surface area contributed by atoms with Crippen LogP contribution >= 0.6 is 22.9 Å². The highest BCUT2D eigenvalue weighted by Gasteiger charge is 2.44. The molecule has 1 aliphatic rings. The van der Waals surface area contributed by atoms with Crippen LogP contribution in [0.2, 0.25) is 5.02 Å². The molecule has 0 spiro atoms. The summed E-state index contributed by atoms with van der Waals surface area (Å²) in [6.07, 6.45) is 5.72. The van der Waals surface area contributed by atoms with Gasteiger partial charge in [-0.2, -0.15) is 0 Å². The fourth-order valence-electron chi connectivity index (χ4n) is 3.27. The van der Waals surface area contributed by atoms with Crippen molar-refractivity contribution in [3.05, 3.63) is 40.1 Å². The molecule has 3 rings (SSSR count). The number of carbonyl (C=O) groups is 1. The number of sulfone groups is 1. The van der Waals surface area contributed by atoms with Gasteiger partial charge in [-0.25, -0.2) is 17.8 Å². The number of benzene rings is 1. The second-order valence-corrected chi connectivity index (χ2v) is 11.2. The standard InChI is InChI=1S/C19H22ClFN2O3S2/c1-19(2,28(25,26)16-9-8-13(20)10-14(16)21)17(24)23-18-22-15(11-27-18)12-6-4-3-5-7-12/h8-12H,3-7H2,1-2H3,(H,22,23,24). The summed E-state index contributed by atoms with van der Waals surface area (Å²) >= 11 is 6.97. The van der Waals surface area contributed by atoms with E-state index in [0.717, 1.165) is 30.7 Å². The van der Waals surface area contributed by atoms with Crippen LogP contribution in [0.25, 0.3) is 0 Å². The van der Waals surface area contributed by atoms with Crippen molar-refractivity contribution in [2.24, 2.45) is 0 Å². The third-order valence-corrected chi connectivity index (χ3v) is 8.62. The van der Waals surface area contributed by atoms with E-state index in [0.29, 0.717) is 11.0 Å². The Kier molecular flexibility index (Phi) is 6.12. The SMILES string of the molecule is CC(C)(C(=O)Nc1nc(C2CCCCC2)cs1)S(=O)(=O)c1ccc(Cl)cc1F. The van der Waals surface area contributed by atoms with E-state index < -0.39 is 31.2 Å². The fourth-order valence-corrected chi connectivity index (χ4v) is 5.62. The summed E-state index contributed by atoms with van der Waals surface area (Å²) in [5.41, 5.74) is 0.935. The minimum atomic E-state index is -4.29. The van der Waals surface area contributed by atoms with E-state index in [1.165, 1.54) is 50.5 Å². The van der Waals surface area contributed by atoms with E-state index in [9.17, 15) is 17.6 Å². The molecular formula is C19H22ClFN2O3S2. The molecule has 5 nitrogen and oxygen atoms in total. The highest BCUT2D eigenvalue weighted by Crippen LogP contribution is 2.35. The Morgan fingerprint density at radius 1 is 1.29 bits per heavy atom. The number of hydrogen-bond donors (Lipinski definition) is 1. The Morgan fingerprint density at radius 3 is 2.61 bits per heavy atom. The maximum Gasteiger partial charge on any atom is 0.247 e. The lowest BCUT2D eigenvalue weighted by atomic mass is 9.87. The minimum Gasteiger partial charge on any atom is -0.301 e. The summed E-state index contributed by atoms with van der Waals surface area (Å²) in [7, 11) is -4.29. The van der Waals surface area contributed by atoms with Crippen LogP contribution in [0.5, 0.6) is 0 Å². The number of carbonyl (C=O) groups excluding carboxylic acids is 1. The van der Waals surface area contributed by atoms with E-state index in [1.807, 2.05) is 5.38 Å². The summed E-state index contributed by atoms with van der Waals surface area (Å²) in [6, 6.07) is 3.27. The van der Waals surface area contributed by atoms with Crippen molar-refractivity contribution in [1.29, 1.82) is 0 Å². The predicted octanol–water partition coefficient (Wildman–Crippen LogP) is 5.17.